The minimum Gasteiger partial charge on any atom is -0.228 e. The van der Waals surface area contributed by atoms with Crippen molar-refractivity contribution in [1.29, 1.82) is 0 Å². The van der Waals surface area contributed by atoms with Gasteiger partial charge in [-0.2, -0.15) is 0 Å². The lowest BCUT2D eigenvalue weighted by atomic mass is 9.90. The molecule has 0 aliphatic carbocycles. The number of benzene rings is 7. The van der Waals surface area contributed by atoms with E-state index in [4.69, 9.17) is 21.6 Å². The first kappa shape index (κ1) is 28.6. The summed E-state index contributed by atoms with van der Waals surface area (Å²) in [5.41, 5.74) is 11.5. The molecule has 0 radical (unpaired) electrons. The van der Waals surface area contributed by atoms with E-state index in [0.717, 1.165) is 66.7 Å². The molecule has 0 aliphatic rings. The third-order valence-electron chi connectivity index (χ3n) is 8.54. The van der Waals surface area contributed by atoms with Gasteiger partial charge >= 0.3 is 0 Å². The van der Waals surface area contributed by atoms with Gasteiger partial charge in [-0.05, 0) is 80.6 Å². The molecule has 222 valence electrons. The molecule has 0 N–H and O–H groups in total. The molecule has 1 aromatic heterocycles. The highest BCUT2D eigenvalue weighted by Crippen LogP contribution is 2.40. The fourth-order valence-electron chi connectivity index (χ4n) is 6.24. The van der Waals surface area contributed by atoms with Crippen LogP contribution in [-0.4, -0.2) is 9.97 Å². The third kappa shape index (κ3) is 5.83. The number of hydrogen-bond donors (Lipinski definition) is 0. The Kier molecular flexibility index (Phi) is 7.62. The van der Waals surface area contributed by atoms with Gasteiger partial charge in [-0.3, -0.25) is 0 Å². The van der Waals surface area contributed by atoms with Crippen LogP contribution in [0.15, 0.2) is 176 Å². The van der Waals surface area contributed by atoms with Crippen molar-refractivity contribution in [3.63, 3.8) is 0 Å². The number of hydrogen-bond acceptors (Lipinski definition) is 2. The topological polar surface area (TPSA) is 25.8 Å². The summed E-state index contributed by atoms with van der Waals surface area (Å²) in [5.74, 6) is 0.686. The summed E-state index contributed by atoms with van der Waals surface area (Å²) in [6.45, 7) is 0. The van der Waals surface area contributed by atoms with Crippen molar-refractivity contribution in [2.24, 2.45) is 0 Å². The Morgan fingerprint density at radius 3 is 1.72 bits per heavy atom. The third-order valence-corrected chi connectivity index (χ3v) is 8.77. The largest absolute Gasteiger partial charge is 0.228 e. The first-order valence-corrected chi connectivity index (χ1v) is 16.1. The standard InChI is InChI=1S/C44H29ClN2/c45-37-23-24-39(31-15-6-2-7-16-31)40(28-37)36-26-34-19-10-11-22-38(34)41(27-36)43-29-42(46-44(47-43)32-17-8-3-9-18-32)35-21-12-20-33(25-35)30-13-4-1-5-14-30/h1-29H. The van der Waals surface area contributed by atoms with Crippen molar-refractivity contribution in [1.82, 2.24) is 9.97 Å². The van der Waals surface area contributed by atoms with Gasteiger partial charge in [0.2, 0.25) is 0 Å². The molecule has 0 fully saturated rings. The molecule has 0 spiro atoms. The Morgan fingerprint density at radius 2 is 0.957 bits per heavy atom. The summed E-state index contributed by atoms with van der Waals surface area (Å²) in [4.78, 5) is 10.4. The predicted molar refractivity (Wildman–Crippen MR) is 197 cm³/mol. The first-order valence-electron chi connectivity index (χ1n) is 15.7. The molecular formula is C44H29ClN2. The molecule has 7 aromatic carbocycles. The highest BCUT2D eigenvalue weighted by atomic mass is 35.5. The lowest BCUT2D eigenvalue weighted by Gasteiger charge is -2.16. The van der Waals surface area contributed by atoms with Gasteiger partial charge in [0.05, 0.1) is 11.4 Å². The molecule has 8 aromatic rings. The number of nitrogens with zero attached hydrogens (tertiary/aromatic N) is 2. The van der Waals surface area contributed by atoms with E-state index in [1.165, 1.54) is 5.56 Å². The zero-order valence-corrected chi connectivity index (χ0v) is 26.3. The number of fused-ring (bicyclic) bond motifs is 1. The van der Waals surface area contributed by atoms with E-state index in [2.05, 4.69) is 140 Å². The average Bonchev–Trinajstić information content (AvgIpc) is 3.15. The average molecular weight is 621 g/mol. The van der Waals surface area contributed by atoms with Gasteiger partial charge in [0, 0.05) is 21.7 Å². The Hall–Kier alpha value is -5.83. The fraction of sp³-hybridized carbons (Fsp3) is 0. The monoisotopic (exact) mass is 620 g/mol. The highest BCUT2D eigenvalue weighted by Gasteiger charge is 2.16. The Labute approximate surface area is 279 Å². The van der Waals surface area contributed by atoms with Gasteiger partial charge in [-0.25, -0.2) is 9.97 Å². The molecule has 47 heavy (non-hydrogen) atoms. The number of rotatable bonds is 6. The molecular weight excluding hydrogens is 592 g/mol. The molecule has 0 saturated heterocycles. The molecule has 2 nitrogen and oxygen atoms in total. The molecule has 0 bridgehead atoms. The van der Waals surface area contributed by atoms with E-state index in [0.29, 0.717) is 10.8 Å². The van der Waals surface area contributed by atoms with Gasteiger partial charge in [0.15, 0.2) is 5.82 Å². The van der Waals surface area contributed by atoms with E-state index in [1.807, 2.05) is 36.4 Å². The van der Waals surface area contributed by atoms with Crippen LogP contribution in [0.4, 0.5) is 0 Å². The summed E-state index contributed by atoms with van der Waals surface area (Å²) in [6.07, 6.45) is 0. The van der Waals surface area contributed by atoms with Crippen LogP contribution in [0.2, 0.25) is 5.02 Å². The van der Waals surface area contributed by atoms with Crippen LogP contribution in [0.3, 0.4) is 0 Å². The fourth-order valence-corrected chi connectivity index (χ4v) is 6.41. The van der Waals surface area contributed by atoms with Crippen molar-refractivity contribution in [2.75, 3.05) is 0 Å². The molecule has 8 rings (SSSR count). The van der Waals surface area contributed by atoms with E-state index in [9.17, 15) is 0 Å². The summed E-state index contributed by atoms with van der Waals surface area (Å²) in [7, 11) is 0. The van der Waals surface area contributed by atoms with E-state index >= 15 is 0 Å². The maximum Gasteiger partial charge on any atom is 0.160 e. The molecule has 0 aliphatic heterocycles. The zero-order chi connectivity index (χ0) is 31.6. The van der Waals surface area contributed by atoms with E-state index in [1.54, 1.807) is 0 Å². The van der Waals surface area contributed by atoms with Crippen LogP contribution in [-0.2, 0) is 0 Å². The van der Waals surface area contributed by atoms with Gasteiger partial charge in [-0.15, -0.1) is 0 Å². The Bertz CT molecular complexity index is 2350. The minimum atomic E-state index is 0.686. The molecule has 1 heterocycles. The number of halogens is 1. The predicted octanol–water partition coefficient (Wildman–Crippen LogP) is 12.3. The van der Waals surface area contributed by atoms with E-state index in [-0.39, 0.29) is 0 Å². The quantitative estimate of drug-likeness (QED) is 0.185. The van der Waals surface area contributed by atoms with Crippen molar-refractivity contribution in [3.8, 4) is 67.3 Å². The van der Waals surface area contributed by atoms with Crippen LogP contribution in [0.5, 0.6) is 0 Å². The molecule has 3 heteroatoms. The van der Waals surface area contributed by atoms with Crippen LogP contribution in [0, 0.1) is 0 Å². The van der Waals surface area contributed by atoms with Crippen LogP contribution in [0.1, 0.15) is 0 Å². The van der Waals surface area contributed by atoms with Crippen molar-refractivity contribution < 1.29 is 0 Å². The Morgan fingerprint density at radius 1 is 0.340 bits per heavy atom. The smallest absolute Gasteiger partial charge is 0.160 e. The van der Waals surface area contributed by atoms with Crippen molar-refractivity contribution in [2.45, 2.75) is 0 Å². The summed E-state index contributed by atoms with van der Waals surface area (Å²) in [6, 6.07) is 61.0. The highest BCUT2D eigenvalue weighted by molar-refractivity contribution is 6.31. The van der Waals surface area contributed by atoms with Gasteiger partial charge in [0.1, 0.15) is 0 Å². The first-order chi connectivity index (χ1) is 23.2. The van der Waals surface area contributed by atoms with Crippen LogP contribution >= 0.6 is 11.6 Å². The lowest BCUT2D eigenvalue weighted by Crippen LogP contribution is -1.97. The summed E-state index contributed by atoms with van der Waals surface area (Å²) in [5, 5.41) is 2.95. The maximum atomic E-state index is 6.64. The van der Waals surface area contributed by atoms with Crippen molar-refractivity contribution in [3.05, 3.63) is 181 Å². The molecule has 0 unspecified atom stereocenters. The van der Waals surface area contributed by atoms with Gasteiger partial charge < -0.3 is 0 Å². The molecule has 0 amide bonds. The van der Waals surface area contributed by atoms with Crippen molar-refractivity contribution >= 4 is 22.4 Å². The van der Waals surface area contributed by atoms with Crippen LogP contribution < -0.4 is 0 Å². The normalized spacial score (nSPS) is 11.1. The summed E-state index contributed by atoms with van der Waals surface area (Å²) < 4.78 is 0. The summed E-state index contributed by atoms with van der Waals surface area (Å²) >= 11 is 6.64. The number of aromatic nitrogens is 2. The second kappa shape index (κ2) is 12.5. The maximum absolute atomic E-state index is 6.64. The molecule has 0 atom stereocenters. The SMILES string of the molecule is Clc1ccc(-c2ccccc2)c(-c2cc(-c3cc(-c4cccc(-c5ccccc5)c4)nc(-c4ccccc4)n3)c3ccccc3c2)c1. The second-order valence-corrected chi connectivity index (χ2v) is 12.0. The molecule has 0 saturated carbocycles. The van der Waals surface area contributed by atoms with Crippen LogP contribution in [0.25, 0.3) is 78.1 Å². The van der Waals surface area contributed by atoms with Gasteiger partial charge in [-0.1, -0.05) is 151 Å². The van der Waals surface area contributed by atoms with E-state index < -0.39 is 0 Å². The minimum absolute atomic E-state index is 0.686. The zero-order valence-electron chi connectivity index (χ0n) is 25.5. The Balaban J connectivity index is 1.36. The van der Waals surface area contributed by atoms with Gasteiger partial charge in [0.25, 0.3) is 0 Å². The second-order valence-electron chi connectivity index (χ2n) is 11.6. The lowest BCUT2D eigenvalue weighted by molar-refractivity contribution is 1.18.